The van der Waals surface area contributed by atoms with Gasteiger partial charge in [-0.15, -0.1) is 0 Å². The number of allylic oxidation sites excluding steroid dienone is 1. The van der Waals surface area contributed by atoms with E-state index in [0.29, 0.717) is 0 Å². The molecule has 0 radical (unpaired) electrons. The van der Waals surface area contributed by atoms with Crippen molar-refractivity contribution in [1.29, 1.82) is 0 Å². The monoisotopic (exact) mass is 434 g/mol. The Morgan fingerprint density at radius 2 is 1.20 bits per heavy atom. The third-order valence-corrected chi connectivity index (χ3v) is 2.44. The van der Waals surface area contributed by atoms with Crippen LogP contribution in [0.2, 0.25) is 0 Å². The first kappa shape index (κ1) is 19.2. The summed E-state index contributed by atoms with van der Waals surface area (Å²) in [4.78, 5) is 9.77. The van der Waals surface area contributed by atoms with Crippen molar-refractivity contribution in [2.75, 3.05) is 0 Å². The van der Waals surface area contributed by atoms with Crippen LogP contribution < -0.4 is 0 Å². The summed E-state index contributed by atoms with van der Waals surface area (Å²) in [6, 6.07) is 0. The maximum Gasteiger partial charge on any atom is 0.396 e. The Hall–Kier alpha value is -0.760. The smallest absolute Gasteiger partial charge is 0.396 e. The molecule has 0 bridgehead atoms. The summed E-state index contributed by atoms with van der Waals surface area (Å²) in [5.74, 6) is -31.1. The zero-order chi connectivity index (χ0) is 16.7. The van der Waals surface area contributed by atoms with E-state index in [0.717, 1.165) is 0 Å². The molecule has 0 saturated heterocycles. The first-order valence-corrected chi connectivity index (χ1v) is 5.09. The summed E-state index contributed by atoms with van der Waals surface area (Å²) in [6.07, 6.45) is 0. The van der Waals surface area contributed by atoms with Crippen molar-refractivity contribution in [1.82, 2.24) is 0 Å². The van der Waals surface area contributed by atoms with Gasteiger partial charge in [0, 0.05) is 22.6 Å². The fraction of sp³-hybridized carbons (Fsp3) is 0.571. The van der Waals surface area contributed by atoms with Crippen molar-refractivity contribution >= 4 is 28.6 Å². The number of rotatable bonds is 5. The van der Waals surface area contributed by atoms with Crippen molar-refractivity contribution in [3.05, 3.63) is 11.7 Å². The van der Waals surface area contributed by atoms with E-state index in [4.69, 9.17) is 5.11 Å². The van der Waals surface area contributed by atoms with E-state index >= 15 is 0 Å². The van der Waals surface area contributed by atoms with Gasteiger partial charge in [0.2, 0.25) is 11.7 Å². The Morgan fingerprint density at radius 1 is 0.850 bits per heavy atom. The molecule has 0 aromatic rings. The van der Waals surface area contributed by atoms with E-state index < -0.39 is 61.9 Å². The number of carbonyl (C=O) groups is 1. The summed E-state index contributed by atoms with van der Waals surface area (Å²) in [5.41, 5.74) is 0. The van der Waals surface area contributed by atoms with Gasteiger partial charge in [0.15, 0.2) is 0 Å². The number of hydrogen-bond acceptors (Lipinski definition) is 1. The van der Waals surface area contributed by atoms with Gasteiger partial charge in [-0.3, -0.25) is 0 Å². The summed E-state index contributed by atoms with van der Waals surface area (Å²) in [7, 11) is 0. The standard InChI is InChI=1S/C7HF10IO2/c8-1(4(10,11)3(19)20)2(9)5(12,13)6(14,15)7(16,17)18/h(H,19,20)/b2-1+. The minimum absolute atomic E-state index is 0.543. The molecule has 0 rings (SSSR count). The number of halogens is 11. The van der Waals surface area contributed by atoms with Crippen LogP contribution in [0, 0.1) is 0 Å². The molecule has 118 valence electrons. The molecule has 1 N–H and O–H groups in total. The highest BCUT2D eigenvalue weighted by molar-refractivity contribution is 14.1. The molecule has 0 amide bonds. The van der Waals surface area contributed by atoms with Gasteiger partial charge in [0.1, 0.15) is 0 Å². The number of aliphatic carboxylic acids is 1. The molecule has 20 heavy (non-hydrogen) atoms. The van der Waals surface area contributed by atoms with Gasteiger partial charge >= 0.3 is 27.7 Å². The molecule has 0 aliphatic carbocycles. The molecule has 0 aliphatic rings. The highest BCUT2D eigenvalue weighted by Crippen LogP contribution is 2.53. The van der Waals surface area contributed by atoms with Gasteiger partial charge in [-0.2, -0.15) is 35.1 Å². The van der Waals surface area contributed by atoms with Crippen LogP contribution in [0.3, 0.4) is 0 Å². The van der Waals surface area contributed by atoms with E-state index in [2.05, 4.69) is 0 Å². The van der Waals surface area contributed by atoms with E-state index in [1.807, 2.05) is 0 Å². The lowest BCUT2D eigenvalue weighted by Crippen LogP contribution is -2.52. The van der Waals surface area contributed by atoms with Gasteiger partial charge in [-0.05, 0) is 0 Å². The van der Waals surface area contributed by atoms with Crippen molar-refractivity contribution in [3.63, 3.8) is 0 Å². The van der Waals surface area contributed by atoms with Gasteiger partial charge in [0.05, 0.1) is 0 Å². The molecule has 13 heteroatoms. The maximum absolute atomic E-state index is 12.7. The molecule has 0 fully saturated rings. The minimum atomic E-state index is -6.69. The van der Waals surface area contributed by atoms with Crippen molar-refractivity contribution < 1.29 is 53.8 Å². The van der Waals surface area contributed by atoms with Gasteiger partial charge in [0.25, 0.3) is 0 Å². The predicted octanol–water partition coefficient (Wildman–Crippen LogP) is 4.16. The Kier molecular flexibility index (Phi) is 5.02. The molecule has 0 aromatic heterocycles. The Balaban J connectivity index is 6.05. The lowest BCUT2D eigenvalue weighted by Gasteiger charge is -2.29. The van der Waals surface area contributed by atoms with Crippen LogP contribution >= 0.6 is 22.6 Å². The lowest BCUT2D eigenvalue weighted by atomic mass is 10.1. The molecule has 0 saturated carbocycles. The number of carboxylic acid groups (broad SMARTS) is 1. The van der Waals surface area contributed by atoms with Crippen LogP contribution in [0.5, 0.6) is 0 Å². The Bertz CT molecular complexity index is 437. The second-order valence-corrected chi connectivity index (χ2v) is 4.51. The zero-order valence-corrected chi connectivity index (χ0v) is 10.7. The van der Waals surface area contributed by atoms with Crippen LogP contribution in [-0.4, -0.2) is 32.8 Å². The van der Waals surface area contributed by atoms with E-state index in [9.17, 15) is 48.7 Å². The molecule has 0 aliphatic heterocycles. The summed E-state index contributed by atoms with van der Waals surface area (Å²) >= 11 is -0.543. The van der Waals surface area contributed by atoms with Gasteiger partial charge in [-0.1, -0.05) is 0 Å². The van der Waals surface area contributed by atoms with Gasteiger partial charge in [-0.25, -0.2) is 13.6 Å². The average molecular weight is 434 g/mol. The molecule has 0 aromatic carbocycles. The van der Waals surface area contributed by atoms with E-state index in [-0.39, 0.29) is 0 Å². The SMILES string of the molecule is O=C(O)C(F)(F)/C(F)=C(\F)C(F)(F)C(F)(F)C(F)(F)I. The quantitative estimate of drug-likeness (QED) is 0.401. The summed E-state index contributed by atoms with van der Waals surface area (Å²) < 4.78 is 119. The molecule has 0 heterocycles. The van der Waals surface area contributed by atoms with E-state index in [1.165, 1.54) is 0 Å². The third-order valence-electron chi connectivity index (χ3n) is 1.76. The zero-order valence-electron chi connectivity index (χ0n) is 8.51. The second kappa shape index (κ2) is 5.22. The molecular formula is C7HF10IO2. The van der Waals surface area contributed by atoms with Crippen LogP contribution in [0.1, 0.15) is 0 Å². The third kappa shape index (κ3) is 2.95. The first-order chi connectivity index (χ1) is 8.51. The number of hydrogen-bond donors (Lipinski definition) is 1. The number of carboxylic acids is 1. The highest BCUT2D eigenvalue weighted by Gasteiger charge is 2.74. The predicted molar refractivity (Wildman–Crippen MR) is 50.7 cm³/mol. The molecule has 0 unspecified atom stereocenters. The first-order valence-electron chi connectivity index (χ1n) is 4.01. The molecule has 0 spiro atoms. The summed E-state index contributed by atoms with van der Waals surface area (Å²) in [5, 5.41) is 7.72. The highest BCUT2D eigenvalue weighted by atomic mass is 127. The van der Waals surface area contributed by atoms with Crippen LogP contribution in [-0.2, 0) is 4.79 Å². The Labute approximate surface area is 116 Å². The molecular weight excluding hydrogens is 433 g/mol. The van der Waals surface area contributed by atoms with Crippen LogP contribution in [0.25, 0.3) is 0 Å². The average Bonchev–Trinajstić information content (AvgIpc) is 2.24. The largest absolute Gasteiger partial charge is 0.476 e. The van der Waals surface area contributed by atoms with Crippen LogP contribution in [0.15, 0.2) is 11.7 Å². The fourth-order valence-electron chi connectivity index (χ4n) is 0.685. The van der Waals surface area contributed by atoms with Crippen molar-refractivity contribution in [2.45, 2.75) is 21.7 Å². The number of alkyl halides is 9. The Morgan fingerprint density at radius 3 is 1.45 bits per heavy atom. The van der Waals surface area contributed by atoms with E-state index in [1.54, 1.807) is 0 Å². The second-order valence-electron chi connectivity index (χ2n) is 3.15. The fourth-order valence-corrected chi connectivity index (χ4v) is 1.02. The van der Waals surface area contributed by atoms with Crippen LogP contribution in [0.4, 0.5) is 43.9 Å². The van der Waals surface area contributed by atoms with Gasteiger partial charge < -0.3 is 5.11 Å². The van der Waals surface area contributed by atoms with Crippen molar-refractivity contribution in [2.24, 2.45) is 0 Å². The topological polar surface area (TPSA) is 37.3 Å². The lowest BCUT2D eigenvalue weighted by molar-refractivity contribution is -0.261. The van der Waals surface area contributed by atoms with Crippen molar-refractivity contribution in [3.8, 4) is 0 Å². The maximum atomic E-state index is 12.7. The normalized spacial score (nSPS) is 15.9. The molecule has 0 atom stereocenters. The molecule has 2 nitrogen and oxygen atoms in total. The minimum Gasteiger partial charge on any atom is -0.476 e. The summed E-state index contributed by atoms with van der Waals surface area (Å²) in [6.45, 7) is 0.